The van der Waals surface area contributed by atoms with Crippen LogP contribution < -0.4 is 10.5 Å². The summed E-state index contributed by atoms with van der Waals surface area (Å²) in [7, 11) is 4.05. The lowest BCUT2D eigenvalue weighted by molar-refractivity contribution is 0.112. The van der Waals surface area contributed by atoms with Crippen LogP contribution in [-0.4, -0.2) is 41.1 Å². The Labute approximate surface area is 113 Å². The molecule has 0 aliphatic carbocycles. The van der Waals surface area contributed by atoms with Crippen LogP contribution in [0.3, 0.4) is 0 Å². The number of nitrogen functional groups attached to an aromatic ring is 1. The Morgan fingerprint density at radius 2 is 2.00 bits per heavy atom. The maximum Gasteiger partial charge on any atom is 0.224 e. The van der Waals surface area contributed by atoms with E-state index in [9.17, 15) is 0 Å². The molecule has 2 rings (SSSR count). The minimum Gasteiger partial charge on any atom is -0.475 e. The Kier molecular flexibility index (Phi) is 3.57. The first-order valence-corrected chi connectivity index (χ1v) is 6.20. The van der Waals surface area contributed by atoms with Gasteiger partial charge in [0, 0.05) is 11.2 Å². The molecule has 0 unspecified atom stereocenters. The first-order valence-electron chi connectivity index (χ1n) is 6.20. The maximum absolute atomic E-state index is 5.85. The number of hydrogen-bond acceptors (Lipinski definition) is 5. The molecule has 2 N–H and O–H groups in total. The first kappa shape index (κ1) is 13.5. The minimum absolute atomic E-state index is 0.0718. The molecule has 0 spiro atoms. The highest BCUT2D eigenvalue weighted by Crippen LogP contribution is 2.24. The van der Waals surface area contributed by atoms with Gasteiger partial charge < -0.3 is 15.4 Å². The molecule has 0 amide bonds. The molecule has 1 aromatic carbocycles. The predicted molar refractivity (Wildman–Crippen MR) is 77.2 cm³/mol. The van der Waals surface area contributed by atoms with Gasteiger partial charge in [0.2, 0.25) is 5.88 Å². The average Bonchev–Trinajstić information content (AvgIpc) is 2.36. The van der Waals surface area contributed by atoms with Crippen LogP contribution in [0.25, 0.3) is 10.9 Å². The summed E-state index contributed by atoms with van der Waals surface area (Å²) >= 11 is 0. The normalized spacial score (nSPS) is 12.1. The second-order valence-corrected chi connectivity index (χ2v) is 5.45. The van der Waals surface area contributed by atoms with Crippen LogP contribution in [-0.2, 0) is 0 Å². The summed E-state index contributed by atoms with van der Waals surface area (Å²) < 4.78 is 5.85. The van der Waals surface area contributed by atoms with Gasteiger partial charge >= 0.3 is 0 Å². The molecule has 0 saturated carbocycles. The highest BCUT2D eigenvalue weighted by atomic mass is 16.5. The van der Waals surface area contributed by atoms with Crippen LogP contribution in [0, 0.1) is 0 Å². The van der Waals surface area contributed by atoms with E-state index in [0.29, 0.717) is 18.2 Å². The number of hydrogen-bond donors (Lipinski definition) is 1. The van der Waals surface area contributed by atoms with Crippen molar-refractivity contribution in [3.8, 4) is 5.88 Å². The predicted octanol–water partition coefficient (Wildman–Crippen LogP) is 1.93. The lowest BCUT2D eigenvalue weighted by Crippen LogP contribution is -2.43. The van der Waals surface area contributed by atoms with Crippen molar-refractivity contribution in [2.75, 3.05) is 26.4 Å². The highest BCUT2D eigenvalue weighted by molar-refractivity contribution is 5.86. The van der Waals surface area contributed by atoms with Crippen LogP contribution in [0.4, 0.5) is 5.69 Å². The smallest absolute Gasteiger partial charge is 0.224 e. The largest absolute Gasteiger partial charge is 0.475 e. The van der Waals surface area contributed by atoms with Gasteiger partial charge in [0.1, 0.15) is 12.9 Å². The molecule has 5 nitrogen and oxygen atoms in total. The number of aromatic nitrogens is 2. The van der Waals surface area contributed by atoms with Crippen LogP contribution in [0.2, 0.25) is 0 Å². The van der Waals surface area contributed by atoms with Crippen molar-refractivity contribution in [3.63, 3.8) is 0 Å². The summed E-state index contributed by atoms with van der Waals surface area (Å²) in [6.07, 6.45) is 1.51. The van der Waals surface area contributed by atoms with Crippen molar-refractivity contribution in [3.05, 3.63) is 24.5 Å². The van der Waals surface area contributed by atoms with Crippen molar-refractivity contribution in [2.45, 2.75) is 19.4 Å². The summed E-state index contributed by atoms with van der Waals surface area (Å²) in [6, 6.07) is 5.53. The standard InChI is InChI=1S/C14H20N4O/c1-14(2,18(3)4)8-19-13-11-7-10(15)5-6-12(11)16-9-17-13/h5-7,9H,8,15H2,1-4H3. The van der Waals surface area contributed by atoms with Gasteiger partial charge in [0.15, 0.2) is 0 Å². The van der Waals surface area contributed by atoms with Gasteiger partial charge in [-0.2, -0.15) is 0 Å². The molecule has 0 atom stereocenters. The molecule has 1 aromatic heterocycles. The monoisotopic (exact) mass is 260 g/mol. The number of ether oxygens (including phenoxy) is 1. The molecule has 19 heavy (non-hydrogen) atoms. The van der Waals surface area contributed by atoms with Crippen molar-refractivity contribution < 1.29 is 4.74 Å². The van der Waals surface area contributed by atoms with Crippen molar-refractivity contribution in [1.29, 1.82) is 0 Å². The lowest BCUT2D eigenvalue weighted by atomic mass is 10.1. The van der Waals surface area contributed by atoms with E-state index in [1.54, 1.807) is 0 Å². The van der Waals surface area contributed by atoms with Crippen molar-refractivity contribution in [2.24, 2.45) is 0 Å². The third kappa shape index (κ3) is 2.93. The maximum atomic E-state index is 5.85. The van der Waals surface area contributed by atoms with E-state index in [0.717, 1.165) is 10.9 Å². The lowest BCUT2D eigenvalue weighted by Gasteiger charge is -2.32. The van der Waals surface area contributed by atoms with Gasteiger partial charge in [-0.3, -0.25) is 0 Å². The van der Waals surface area contributed by atoms with Crippen LogP contribution in [0.15, 0.2) is 24.5 Å². The second kappa shape index (κ2) is 5.01. The summed E-state index contributed by atoms with van der Waals surface area (Å²) in [5.74, 6) is 0.576. The van der Waals surface area contributed by atoms with E-state index in [-0.39, 0.29) is 5.54 Å². The van der Waals surface area contributed by atoms with E-state index in [4.69, 9.17) is 10.5 Å². The van der Waals surface area contributed by atoms with Gasteiger partial charge in [-0.15, -0.1) is 0 Å². The molecule has 0 aliphatic heterocycles. The summed E-state index contributed by atoms with van der Waals surface area (Å²) in [5.41, 5.74) is 7.25. The second-order valence-electron chi connectivity index (χ2n) is 5.45. The zero-order chi connectivity index (χ0) is 14.0. The molecule has 102 valence electrons. The number of anilines is 1. The Bertz CT molecular complexity index is 581. The van der Waals surface area contributed by atoms with Gasteiger partial charge in [-0.1, -0.05) is 0 Å². The van der Waals surface area contributed by atoms with E-state index in [1.807, 2.05) is 32.3 Å². The first-order chi connectivity index (χ1) is 8.90. The molecule has 0 fully saturated rings. The number of benzene rings is 1. The van der Waals surface area contributed by atoms with E-state index < -0.39 is 0 Å². The van der Waals surface area contributed by atoms with E-state index in [2.05, 4.69) is 28.7 Å². The molecular formula is C14H20N4O. The molecule has 5 heteroatoms. The van der Waals surface area contributed by atoms with Gasteiger partial charge in [-0.25, -0.2) is 9.97 Å². The molecule has 2 aromatic rings. The molecule has 0 aliphatic rings. The number of likely N-dealkylation sites (N-methyl/N-ethyl adjacent to an activating group) is 1. The fourth-order valence-corrected chi connectivity index (χ4v) is 1.54. The average molecular weight is 260 g/mol. The Hall–Kier alpha value is -1.88. The van der Waals surface area contributed by atoms with E-state index in [1.165, 1.54) is 6.33 Å². The van der Waals surface area contributed by atoms with Crippen molar-refractivity contribution >= 4 is 16.6 Å². The summed E-state index contributed by atoms with van der Waals surface area (Å²) in [5, 5.41) is 0.844. The van der Waals surface area contributed by atoms with Gasteiger partial charge in [0.05, 0.1) is 10.9 Å². The third-order valence-electron chi connectivity index (χ3n) is 3.40. The van der Waals surface area contributed by atoms with Crippen LogP contribution in [0.1, 0.15) is 13.8 Å². The van der Waals surface area contributed by atoms with Gasteiger partial charge in [-0.05, 0) is 46.1 Å². The number of nitrogens with two attached hydrogens (primary N) is 1. The number of rotatable bonds is 4. The topological polar surface area (TPSA) is 64.3 Å². The zero-order valence-corrected chi connectivity index (χ0v) is 11.8. The molecule has 1 heterocycles. The third-order valence-corrected chi connectivity index (χ3v) is 3.40. The minimum atomic E-state index is -0.0718. The highest BCUT2D eigenvalue weighted by Gasteiger charge is 2.22. The fourth-order valence-electron chi connectivity index (χ4n) is 1.54. The zero-order valence-electron chi connectivity index (χ0n) is 11.8. The Morgan fingerprint density at radius 1 is 1.26 bits per heavy atom. The van der Waals surface area contributed by atoms with Crippen LogP contribution >= 0.6 is 0 Å². The summed E-state index contributed by atoms with van der Waals surface area (Å²) in [4.78, 5) is 10.5. The number of fused-ring (bicyclic) bond motifs is 1. The molecule has 0 saturated heterocycles. The quantitative estimate of drug-likeness (QED) is 0.851. The number of nitrogens with zero attached hydrogens (tertiary/aromatic N) is 3. The summed E-state index contributed by atoms with van der Waals surface area (Å²) in [6.45, 7) is 4.77. The molecule has 0 radical (unpaired) electrons. The Balaban J connectivity index is 2.28. The molecule has 0 bridgehead atoms. The van der Waals surface area contributed by atoms with Crippen LogP contribution in [0.5, 0.6) is 5.88 Å². The SMILES string of the molecule is CN(C)C(C)(C)COc1ncnc2ccc(N)cc12. The fraction of sp³-hybridized carbons (Fsp3) is 0.429. The van der Waals surface area contributed by atoms with Crippen molar-refractivity contribution in [1.82, 2.24) is 14.9 Å². The Morgan fingerprint density at radius 3 is 2.68 bits per heavy atom. The molecular weight excluding hydrogens is 240 g/mol. The van der Waals surface area contributed by atoms with E-state index >= 15 is 0 Å². The van der Waals surface area contributed by atoms with Gasteiger partial charge in [0.25, 0.3) is 0 Å².